The van der Waals surface area contributed by atoms with Crippen LogP contribution in [0.3, 0.4) is 0 Å². The van der Waals surface area contributed by atoms with Crippen LogP contribution in [0, 0.1) is 11.3 Å². The number of rotatable bonds is 4. The SMILES string of the molecule is CC(=O)c1ccc(C#N)c(N2CCN(S(=O)(=O)c3ccc(C(F)(F)F)cc3)CC2)c1. The van der Waals surface area contributed by atoms with Crippen LogP contribution in [0.2, 0.25) is 0 Å². The van der Waals surface area contributed by atoms with E-state index in [0.717, 1.165) is 24.3 Å². The molecule has 0 aromatic heterocycles. The van der Waals surface area contributed by atoms with Crippen molar-refractivity contribution >= 4 is 21.5 Å². The van der Waals surface area contributed by atoms with Crippen LogP contribution in [0.4, 0.5) is 18.9 Å². The number of anilines is 1. The standard InChI is InChI=1S/C20H18F3N3O3S/c1-14(27)15-2-3-16(13-24)19(12-15)25-8-10-26(11-9-25)30(28,29)18-6-4-17(5-7-18)20(21,22)23/h2-7,12H,8-11H2,1H3. The lowest BCUT2D eigenvalue weighted by Gasteiger charge is -2.36. The third kappa shape index (κ3) is 4.32. The normalized spacial score (nSPS) is 15.6. The molecule has 0 radical (unpaired) electrons. The quantitative estimate of drug-likeness (QED) is 0.686. The van der Waals surface area contributed by atoms with Gasteiger partial charge >= 0.3 is 6.18 Å². The second-order valence-corrected chi connectivity index (χ2v) is 8.75. The van der Waals surface area contributed by atoms with Gasteiger partial charge in [0.15, 0.2) is 5.78 Å². The summed E-state index contributed by atoms with van der Waals surface area (Å²) >= 11 is 0. The number of piperazine rings is 1. The summed E-state index contributed by atoms with van der Waals surface area (Å²) in [5, 5.41) is 9.34. The predicted molar refractivity (Wildman–Crippen MR) is 104 cm³/mol. The zero-order chi connectivity index (χ0) is 22.1. The zero-order valence-electron chi connectivity index (χ0n) is 16.0. The first kappa shape index (κ1) is 21.8. The van der Waals surface area contributed by atoms with Crippen molar-refractivity contribution in [3.63, 3.8) is 0 Å². The van der Waals surface area contributed by atoms with Crippen LogP contribution < -0.4 is 4.90 Å². The molecular weight excluding hydrogens is 419 g/mol. The molecule has 2 aromatic carbocycles. The summed E-state index contributed by atoms with van der Waals surface area (Å²) < 4.78 is 64.9. The van der Waals surface area contributed by atoms with Crippen molar-refractivity contribution in [2.24, 2.45) is 0 Å². The lowest BCUT2D eigenvalue weighted by Crippen LogP contribution is -2.48. The van der Waals surface area contributed by atoms with E-state index in [1.54, 1.807) is 18.2 Å². The Bertz CT molecular complexity index is 1100. The van der Waals surface area contributed by atoms with E-state index in [4.69, 9.17) is 0 Å². The Morgan fingerprint density at radius 3 is 2.13 bits per heavy atom. The third-order valence-electron chi connectivity index (χ3n) is 4.92. The van der Waals surface area contributed by atoms with E-state index in [-0.39, 0.29) is 36.9 Å². The van der Waals surface area contributed by atoms with Gasteiger partial charge < -0.3 is 4.90 Å². The average Bonchev–Trinajstić information content (AvgIpc) is 2.72. The van der Waals surface area contributed by atoms with Gasteiger partial charge in [0.05, 0.1) is 21.7 Å². The van der Waals surface area contributed by atoms with Gasteiger partial charge in [-0.3, -0.25) is 4.79 Å². The molecule has 158 valence electrons. The second kappa shape index (κ2) is 8.08. The van der Waals surface area contributed by atoms with Crippen molar-refractivity contribution in [3.8, 4) is 6.07 Å². The first-order valence-corrected chi connectivity index (χ1v) is 10.5. The molecule has 30 heavy (non-hydrogen) atoms. The Balaban J connectivity index is 1.78. The molecule has 3 rings (SSSR count). The van der Waals surface area contributed by atoms with Gasteiger partial charge in [0.25, 0.3) is 0 Å². The van der Waals surface area contributed by atoms with Crippen LogP contribution in [0.1, 0.15) is 28.4 Å². The van der Waals surface area contributed by atoms with Crippen molar-refractivity contribution in [2.75, 3.05) is 31.1 Å². The maximum atomic E-state index is 12.8. The summed E-state index contributed by atoms with van der Waals surface area (Å²) in [5.41, 5.74) is 0.459. The highest BCUT2D eigenvalue weighted by Crippen LogP contribution is 2.31. The molecule has 6 nitrogen and oxygen atoms in total. The van der Waals surface area contributed by atoms with E-state index in [0.29, 0.717) is 16.8 Å². The van der Waals surface area contributed by atoms with Crippen LogP contribution in [-0.2, 0) is 16.2 Å². The third-order valence-corrected chi connectivity index (χ3v) is 6.84. The zero-order valence-corrected chi connectivity index (χ0v) is 16.8. The van der Waals surface area contributed by atoms with Gasteiger partial charge in [-0.1, -0.05) is 0 Å². The number of hydrogen-bond donors (Lipinski definition) is 0. The number of alkyl halides is 3. The maximum Gasteiger partial charge on any atom is 0.416 e. The molecule has 2 aromatic rings. The van der Waals surface area contributed by atoms with Crippen molar-refractivity contribution in [1.82, 2.24) is 4.31 Å². The van der Waals surface area contributed by atoms with Gasteiger partial charge in [-0.05, 0) is 49.4 Å². The van der Waals surface area contributed by atoms with Crippen LogP contribution >= 0.6 is 0 Å². The maximum absolute atomic E-state index is 12.8. The summed E-state index contributed by atoms with van der Waals surface area (Å²) in [7, 11) is -3.95. The fourth-order valence-corrected chi connectivity index (χ4v) is 4.66. The molecule has 0 aliphatic carbocycles. The summed E-state index contributed by atoms with van der Waals surface area (Å²) in [5.74, 6) is -0.149. The van der Waals surface area contributed by atoms with Gasteiger partial charge in [-0.25, -0.2) is 8.42 Å². The van der Waals surface area contributed by atoms with Gasteiger partial charge in [-0.15, -0.1) is 0 Å². The summed E-state index contributed by atoms with van der Waals surface area (Å²) in [6, 6.07) is 10.2. The second-order valence-electron chi connectivity index (χ2n) is 6.81. The number of hydrogen-bond acceptors (Lipinski definition) is 5. The van der Waals surface area contributed by atoms with Crippen LogP contribution in [0.5, 0.6) is 0 Å². The Hall–Kier alpha value is -2.90. The van der Waals surface area contributed by atoms with E-state index in [2.05, 4.69) is 6.07 Å². The van der Waals surface area contributed by atoms with Crippen LogP contribution in [0.25, 0.3) is 0 Å². The summed E-state index contributed by atoms with van der Waals surface area (Å²) in [4.78, 5) is 13.3. The molecule has 0 N–H and O–H groups in total. The number of halogens is 3. The van der Waals surface area contributed by atoms with Gasteiger partial charge in [-0.2, -0.15) is 22.7 Å². The van der Waals surface area contributed by atoms with Crippen molar-refractivity contribution in [3.05, 3.63) is 59.2 Å². The molecule has 0 spiro atoms. The molecule has 0 atom stereocenters. The van der Waals surface area contributed by atoms with Gasteiger partial charge in [0.2, 0.25) is 10.0 Å². The molecule has 1 aliphatic heterocycles. The highest BCUT2D eigenvalue weighted by atomic mass is 32.2. The number of Topliss-reactive ketones (excluding diaryl/α,β-unsaturated/α-hetero) is 1. The largest absolute Gasteiger partial charge is 0.416 e. The number of benzene rings is 2. The average molecular weight is 437 g/mol. The van der Waals surface area contributed by atoms with Crippen molar-refractivity contribution < 1.29 is 26.4 Å². The molecule has 0 bridgehead atoms. The number of nitriles is 1. The lowest BCUT2D eigenvalue weighted by molar-refractivity contribution is -0.137. The first-order valence-electron chi connectivity index (χ1n) is 9.01. The van der Waals surface area contributed by atoms with Crippen LogP contribution in [-0.4, -0.2) is 44.7 Å². The minimum Gasteiger partial charge on any atom is -0.368 e. The monoisotopic (exact) mass is 437 g/mol. The smallest absolute Gasteiger partial charge is 0.368 e. The predicted octanol–water partition coefficient (Wildman–Crippen LogP) is 3.29. The highest BCUT2D eigenvalue weighted by Gasteiger charge is 2.33. The van der Waals surface area contributed by atoms with E-state index in [1.807, 2.05) is 4.90 Å². The molecule has 0 unspecified atom stereocenters. The number of carbonyl (C=O) groups excluding carboxylic acids is 1. The van der Waals surface area contributed by atoms with Crippen molar-refractivity contribution in [1.29, 1.82) is 5.26 Å². The van der Waals surface area contributed by atoms with Gasteiger partial charge in [0, 0.05) is 31.7 Å². The van der Waals surface area contributed by atoms with Crippen molar-refractivity contribution in [2.45, 2.75) is 18.0 Å². The van der Waals surface area contributed by atoms with E-state index < -0.39 is 21.8 Å². The Morgan fingerprint density at radius 1 is 1.03 bits per heavy atom. The Labute approximate surface area is 172 Å². The van der Waals surface area contributed by atoms with E-state index in [9.17, 15) is 31.6 Å². The number of ketones is 1. The van der Waals surface area contributed by atoms with E-state index in [1.165, 1.54) is 11.2 Å². The van der Waals surface area contributed by atoms with Crippen LogP contribution in [0.15, 0.2) is 47.4 Å². The minimum atomic E-state index is -4.54. The fraction of sp³-hybridized carbons (Fsp3) is 0.300. The van der Waals surface area contributed by atoms with Gasteiger partial charge in [0.1, 0.15) is 6.07 Å². The molecule has 0 amide bonds. The molecule has 1 heterocycles. The topological polar surface area (TPSA) is 81.5 Å². The molecule has 1 saturated heterocycles. The Morgan fingerprint density at radius 2 is 1.63 bits per heavy atom. The Kier molecular flexibility index (Phi) is 5.87. The summed E-state index contributed by atoms with van der Waals surface area (Å²) in [6.07, 6.45) is -4.54. The molecule has 1 aliphatic rings. The molecule has 0 saturated carbocycles. The number of sulfonamides is 1. The molecular formula is C20H18F3N3O3S. The minimum absolute atomic E-state index is 0.0958. The van der Waals surface area contributed by atoms with E-state index >= 15 is 0 Å². The number of nitrogens with zero attached hydrogens (tertiary/aromatic N) is 3. The highest BCUT2D eigenvalue weighted by molar-refractivity contribution is 7.89. The lowest BCUT2D eigenvalue weighted by atomic mass is 10.1. The summed E-state index contributed by atoms with van der Waals surface area (Å²) in [6.45, 7) is 2.16. The first-order chi connectivity index (χ1) is 14.0. The molecule has 1 fully saturated rings. The molecule has 10 heteroatoms. The fourth-order valence-electron chi connectivity index (χ4n) is 3.24. The number of carbonyl (C=O) groups is 1.